The fraction of sp³-hybridized carbons (Fsp3) is 0.955. The molecule has 0 aromatic rings. The van der Waals surface area contributed by atoms with Crippen LogP contribution in [0.15, 0.2) is 0 Å². The third kappa shape index (κ3) is 4.74. The van der Waals surface area contributed by atoms with E-state index in [0.717, 1.165) is 43.9 Å². The molecule has 2 saturated heterocycles. The van der Waals surface area contributed by atoms with Crippen molar-refractivity contribution in [2.45, 2.75) is 63.3 Å². The Kier molecular flexibility index (Phi) is 7.48. The predicted molar refractivity (Wildman–Crippen MR) is 120 cm³/mol. The number of halogens is 2. The van der Waals surface area contributed by atoms with E-state index < -0.39 is 5.54 Å². The molecule has 4 saturated carbocycles. The zero-order chi connectivity index (χ0) is 18.5. The fourth-order valence-electron chi connectivity index (χ4n) is 7.43. The van der Waals surface area contributed by atoms with Gasteiger partial charge in [-0.2, -0.15) is 0 Å². The van der Waals surface area contributed by atoms with Crippen molar-refractivity contribution in [3.05, 3.63) is 0 Å². The minimum Gasteiger partial charge on any atom is -0.381 e. The molecule has 2 heterocycles. The van der Waals surface area contributed by atoms with Crippen molar-refractivity contribution in [3.8, 4) is 0 Å². The highest BCUT2D eigenvalue weighted by Gasteiger charge is 2.50. The maximum absolute atomic E-state index is 12.9. The highest BCUT2D eigenvalue weighted by molar-refractivity contribution is 5.86. The summed E-state index contributed by atoms with van der Waals surface area (Å²) >= 11 is 0. The molecule has 7 heteroatoms. The maximum Gasteiger partial charge on any atom is 0.242 e. The Hall–Kier alpha value is -0.0700. The van der Waals surface area contributed by atoms with Crippen LogP contribution in [-0.2, 0) is 9.53 Å². The lowest BCUT2D eigenvalue weighted by molar-refractivity contribution is -0.142. The van der Waals surface area contributed by atoms with Gasteiger partial charge in [0.25, 0.3) is 0 Å². The zero-order valence-corrected chi connectivity index (χ0v) is 19.3. The van der Waals surface area contributed by atoms with Gasteiger partial charge in [0, 0.05) is 39.4 Å². The van der Waals surface area contributed by atoms with Crippen molar-refractivity contribution in [1.29, 1.82) is 0 Å². The van der Waals surface area contributed by atoms with Gasteiger partial charge in [0.1, 0.15) is 0 Å². The van der Waals surface area contributed by atoms with Crippen LogP contribution in [0.3, 0.4) is 0 Å². The van der Waals surface area contributed by atoms with Gasteiger partial charge >= 0.3 is 0 Å². The summed E-state index contributed by atoms with van der Waals surface area (Å²) in [7, 11) is 0. The quantitative estimate of drug-likeness (QED) is 0.718. The van der Waals surface area contributed by atoms with Gasteiger partial charge in [-0.1, -0.05) is 0 Å². The molecule has 2 aliphatic heterocycles. The third-order valence-corrected chi connectivity index (χ3v) is 8.59. The number of hydrogen-bond donors (Lipinski definition) is 1. The summed E-state index contributed by atoms with van der Waals surface area (Å²) in [6.07, 6.45) is 11.8. The Morgan fingerprint density at radius 1 is 0.897 bits per heavy atom. The molecule has 0 spiro atoms. The molecule has 168 valence electrons. The summed E-state index contributed by atoms with van der Waals surface area (Å²) in [5.41, 5.74) is 6.40. The third-order valence-electron chi connectivity index (χ3n) is 8.59. The van der Waals surface area contributed by atoms with Crippen LogP contribution in [0.5, 0.6) is 0 Å². The van der Waals surface area contributed by atoms with E-state index in [0.29, 0.717) is 31.5 Å². The molecule has 0 atom stereocenters. The molecule has 6 aliphatic rings. The summed E-state index contributed by atoms with van der Waals surface area (Å²) in [6, 6.07) is 0. The first-order valence-corrected chi connectivity index (χ1v) is 11.4. The number of ether oxygens (including phenoxy) is 1. The summed E-state index contributed by atoms with van der Waals surface area (Å²) in [5, 5.41) is 0. The van der Waals surface area contributed by atoms with Crippen molar-refractivity contribution in [2.24, 2.45) is 28.9 Å². The van der Waals surface area contributed by atoms with E-state index in [1.807, 2.05) is 4.90 Å². The Morgan fingerprint density at radius 3 is 1.93 bits per heavy atom. The lowest BCUT2D eigenvalue weighted by Crippen LogP contribution is -2.61. The predicted octanol–water partition coefficient (Wildman–Crippen LogP) is 3.09. The molecule has 1 amide bonds. The standard InChI is InChI=1S/C22H37N3O2.2ClH/c23-22(2-9-27-10-3-22)20(26)25-7-5-24(6-8-25)4-1-21-14-17-11-18(15-21)13-19(12-17)16-21;;/h17-19H,1-16,23H2;2*1H. The van der Waals surface area contributed by atoms with Crippen LogP contribution in [0.25, 0.3) is 0 Å². The Morgan fingerprint density at radius 2 is 1.41 bits per heavy atom. The average molecular weight is 448 g/mol. The monoisotopic (exact) mass is 447 g/mol. The number of carbonyl (C=O) groups is 1. The van der Waals surface area contributed by atoms with Gasteiger partial charge in [-0.25, -0.2) is 0 Å². The van der Waals surface area contributed by atoms with E-state index in [2.05, 4.69) is 4.90 Å². The Balaban J connectivity index is 0.00000120. The topological polar surface area (TPSA) is 58.8 Å². The number of hydrogen-bond acceptors (Lipinski definition) is 4. The van der Waals surface area contributed by atoms with Crippen molar-refractivity contribution < 1.29 is 9.53 Å². The lowest BCUT2D eigenvalue weighted by atomic mass is 9.49. The van der Waals surface area contributed by atoms with E-state index >= 15 is 0 Å². The van der Waals surface area contributed by atoms with Gasteiger partial charge in [0.15, 0.2) is 0 Å². The molecule has 4 bridgehead atoms. The minimum atomic E-state index is -0.681. The first-order valence-electron chi connectivity index (χ1n) is 11.4. The molecule has 2 N–H and O–H groups in total. The van der Waals surface area contributed by atoms with Crippen molar-refractivity contribution >= 4 is 30.7 Å². The normalized spacial score (nSPS) is 38.2. The molecule has 0 aromatic carbocycles. The van der Waals surface area contributed by atoms with E-state index in [-0.39, 0.29) is 30.7 Å². The van der Waals surface area contributed by atoms with Crippen LogP contribution in [0.2, 0.25) is 0 Å². The lowest BCUT2D eigenvalue weighted by Gasteiger charge is -2.57. The number of carbonyl (C=O) groups excluding carboxylic acids is 1. The van der Waals surface area contributed by atoms with Gasteiger partial charge in [-0.15, -0.1) is 24.8 Å². The van der Waals surface area contributed by atoms with E-state index in [4.69, 9.17) is 10.5 Å². The highest BCUT2D eigenvalue weighted by Crippen LogP contribution is 2.61. The first kappa shape index (κ1) is 23.6. The van der Waals surface area contributed by atoms with Crippen molar-refractivity contribution in [3.63, 3.8) is 0 Å². The van der Waals surface area contributed by atoms with E-state index in [9.17, 15) is 4.79 Å². The van der Waals surface area contributed by atoms with E-state index in [1.54, 1.807) is 0 Å². The van der Waals surface area contributed by atoms with Crippen LogP contribution in [-0.4, -0.2) is 67.2 Å². The molecule has 5 nitrogen and oxygen atoms in total. The second-order valence-corrected chi connectivity index (χ2v) is 10.6. The van der Waals surface area contributed by atoms with E-state index in [1.165, 1.54) is 51.5 Å². The highest BCUT2D eigenvalue weighted by atomic mass is 35.5. The molecule has 4 aliphatic carbocycles. The van der Waals surface area contributed by atoms with Gasteiger partial charge in [-0.3, -0.25) is 9.69 Å². The SMILES string of the molecule is Cl.Cl.NC1(C(=O)N2CCN(CCC34CC5CC(CC(C5)C3)C4)CC2)CCOCC1. The molecular weight excluding hydrogens is 409 g/mol. The summed E-state index contributed by atoms with van der Waals surface area (Å²) in [5.74, 6) is 3.30. The van der Waals surface area contributed by atoms with Crippen LogP contribution in [0, 0.1) is 23.2 Å². The van der Waals surface area contributed by atoms with Crippen molar-refractivity contribution in [2.75, 3.05) is 45.9 Å². The number of nitrogens with two attached hydrogens (primary N) is 1. The summed E-state index contributed by atoms with van der Waals surface area (Å²) in [6.45, 7) is 6.20. The second-order valence-electron chi connectivity index (χ2n) is 10.6. The molecule has 0 aromatic heterocycles. The van der Waals surface area contributed by atoms with Crippen LogP contribution >= 0.6 is 24.8 Å². The van der Waals surface area contributed by atoms with Gasteiger partial charge in [0.2, 0.25) is 5.91 Å². The van der Waals surface area contributed by atoms with Gasteiger partial charge < -0.3 is 15.4 Å². The average Bonchev–Trinajstić information content (AvgIpc) is 2.66. The molecule has 6 fully saturated rings. The van der Waals surface area contributed by atoms with Crippen LogP contribution < -0.4 is 5.73 Å². The first-order chi connectivity index (χ1) is 13.0. The zero-order valence-electron chi connectivity index (χ0n) is 17.7. The van der Waals surface area contributed by atoms with Gasteiger partial charge in [0.05, 0.1) is 5.54 Å². The Bertz CT molecular complexity index is 539. The van der Waals surface area contributed by atoms with Gasteiger partial charge in [-0.05, 0) is 87.5 Å². The van der Waals surface area contributed by atoms with Crippen LogP contribution in [0.1, 0.15) is 57.8 Å². The molecule has 0 unspecified atom stereocenters. The van der Waals surface area contributed by atoms with Crippen molar-refractivity contribution in [1.82, 2.24) is 9.80 Å². The maximum atomic E-state index is 12.9. The van der Waals surface area contributed by atoms with Crippen LogP contribution in [0.4, 0.5) is 0 Å². The number of nitrogens with zero attached hydrogens (tertiary/aromatic N) is 2. The molecule has 6 rings (SSSR count). The Labute approximate surface area is 188 Å². The molecule has 29 heavy (non-hydrogen) atoms. The summed E-state index contributed by atoms with van der Waals surface area (Å²) in [4.78, 5) is 17.5. The smallest absolute Gasteiger partial charge is 0.242 e. The minimum absolute atomic E-state index is 0. The number of rotatable bonds is 4. The fourth-order valence-corrected chi connectivity index (χ4v) is 7.43. The molecular formula is C22H39Cl2N3O2. The molecule has 0 radical (unpaired) electrons. The second kappa shape index (κ2) is 9.20. The largest absolute Gasteiger partial charge is 0.381 e. The summed E-state index contributed by atoms with van der Waals surface area (Å²) < 4.78 is 5.39. The number of amides is 1. The number of piperazine rings is 1.